The number of hydrogen-bond acceptors (Lipinski definition) is 0. The molecule has 32 heavy (non-hydrogen) atoms. The maximum absolute atomic E-state index is 2.49. The van der Waals surface area contributed by atoms with Gasteiger partial charge in [0.1, 0.15) is 0 Å². The van der Waals surface area contributed by atoms with Crippen LogP contribution < -0.4 is 0 Å². The van der Waals surface area contributed by atoms with Crippen molar-refractivity contribution in [3.8, 4) is 0 Å². The van der Waals surface area contributed by atoms with E-state index >= 15 is 0 Å². The summed E-state index contributed by atoms with van der Waals surface area (Å²) in [6.45, 7) is 7.05. The summed E-state index contributed by atoms with van der Waals surface area (Å²) in [5.74, 6) is 0. The predicted octanol–water partition coefficient (Wildman–Crippen LogP) is 9.97. The number of aryl methyl sites for hydroxylation is 1. The van der Waals surface area contributed by atoms with Crippen molar-refractivity contribution in [3.63, 3.8) is 0 Å². The summed E-state index contributed by atoms with van der Waals surface area (Å²) in [6, 6.07) is 19.6. The number of rotatable bonds is 4. The van der Waals surface area contributed by atoms with Gasteiger partial charge in [0.05, 0.1) is 0 Å². The molecule has 188 valence electrons. The van der Waals surface area contributed by atoms with Crippen molar-refractivity contribution in [1.29, 1.82) is 0 Å². The monoisotopic (exact) mass is 603 g/mol. The summed E-state index contributed by atoms with van der Waals surface area (Å²) in [7, 11) is 0. The van der Waals surface area contributed by atoms with Crippen LogP contribution >= 0.6 is 0 Å². The largest absolute Gasteiger partial charge is 0.358 e. The molecule has 1 aliphatic rings. The molecule has 0 amide bonds. The molecule has 0 heterocycles. The number of fused-ring (bicyclic) bond motifs is 2. The van der Waals surface area contributed by atoms with Gasteiger partial charge in [0.15, 0.2) is 0 Å². The van der Waals surface area contributed by atoms with Gasteiger partial charge in [0.25, 0.3) is 0 Å². The number of hydrogen-bond donors (Lipinski definition) is 0. The Bertz CT molecular complexity index is 742. The molecule has 0 aliphatic heterocycles. The van der Waals surface area contributed by atoms with Crippen molar-refractivity contribution < 1.29 is 25.8 Å². The van der Waals surface area contributed by atoms with Gasteiger partial charge in [-0.2, -0.15) is 24.3 Å². The molecule has 0 spiro atoms. The van der Waals surface area contributed by atoms with Crippen molar-refractivity contribution in [2.24, 2.45) is 5.41 Å². The maximum atomic E-state index is 2.49. The van der Waals surface area contributed by atoms with Crippen LogP contribution in [0.1, 0.15) is 56.7 Å². The quantitative estimate of drug-likeness (QED) is 0.159. The van der Waals surface area contributed by atoms with E-state index in [9.17, 15) is 0 Å². The molecule has 0 bridgehead atoms. The van der Waals surface area contributed by atoms with E-state index in [0.29, 0.717) is 5.41 Å². The summed E-state index contributed by atoms with van der Waals surface area (Å²) in [5.41, 5.74) is 5.21. The summed E-state index contributed by atoms with van der Waals surface area (Å²) in [6.07, 6.45) is 7.73. The van der Waals surface area contributed by atoms with E-state index in [1.54, 1.807) is 16.7 Å². The van der Waals surface area contributed by atoms with Crippen LogP contribution in [0.3, 0.4) is 0 Å². The second-order valence-corrected chi connectivity index (χ2v) is 8.00. The predicted molar refractivity (Wildman–Crippen MR) is 151 cm³/mol. The zero-order valence-electron chi connectivity index (χ0n) is 22.9. The third kappa shape index (κ3) is 11.8. The molecule has 0 fully saturated rings. The van der Waals surface area contributed by atoms with Crippen LogP contribution in [0.2, 0.25) is 0 Å². The van der Waals surface area contributed by atoms with E-state index in [0.717, 1.165) is 0 Å². The van der Waals surface area contributed by atoms with Gasteiger partial charge in [0.2, 0.25) is 0 Å². The smallest absolute Gasteiger partial charge is 0 e. The van der Waals surface area contributed by atoms with Crippen LogP contribution in [0.15, 0.2) is 54.6 Å². The fourth-order valence-electron chi connectivity index (χ4n) is 3.93. The topological polar surface area (TPSA) is 0 Å². The Morgan fingerprint density at radius 2 is 1.38 bits per heavy atom. The minimum absolute atomic E-state index is 0. The van der Waals surface area contributed by atoms with Crippen LogP contribution in [0.5, 0.6) is 0 Å². The van der Waals surface area contributed by atoms with Crippen LogP contribution in [0, 0.1) is 57.4 Å². The van der Waals surface area contributed by atoms with Crippen molar-refractivity contribution in [1.82, 2.24) is 0 Å². The van der Waals surface area contributed by atoms with Gasteiger partial charge in [-0.1, -0.05) is 57.6 Å². The minimum Gasteiger partial charge on any atom is -0.358 e. The van der Waals surface area contributed by atoms with Crippen molar-refractivity contribution in [3.05, 3.63) is 123 Å². The molecule has 3 aromatic rings. The molecule has 1 heteroatoms. The van der Waals surface area contributed by atoms with E-state index in [4.69, 9.17) is 0 Å². The Hall–Kier alpha value is -0.950. The Morgan fingerprint density at radius 1 is 0.844 bits per heavy atom. The number of benzene rings is 1. The molecule has 0 aromatic heterocycles. The van der Waals surface area contributed by atoms with E-state index in [-0.39, 0.29) is 77.8 Å². The van der Waals surface area contributed by atoms with E-state index < -0.39 is 0 Å². The first-order valence-corrected chi connectivity index (χ1v) is 9.46. The van der Waals surface area contributed by atoms with Gasteiger partial charge in [-0.05, 0) is 18.3 Å². The van der Waals surface area contributed by atoms with Crippen LogP contribution in [-0.2, 0) is 45.1 Å². The Labute approximate surface area is 223 Å². The van der Waals surface area contributed by atoms with Gasteiger partial charge in [0, 0.05) is 25.8 Å². The molecule has 3 aromatic carbocycles. The third-order valence-corrected chi connectivity index (χ3v) is 5.13. The second kappa shape index (κ2) is 20.6. The van der Waals surface area contributed by atoms with Gasteiger partial charge in [-0.3, -0.25) is 0 Å². The van der Waals surface area contributed by atoms with E-state index in [1.807, 2.05) is 30.3 Å². The average Bonchev–Trinajstić information content (AvgIpc) is 3.25. The Balaban J connectivity index is -0.000000117. The van der Waals surface area contributed by atoms with Gasteiger partial charge >= 0.3 is 0 Å². The van der Waals surface area contributed by atoms with Crippen molar-refractivity contribution in [2.45, 2.75) is 59.3 Å². The van der Waals surface area contributed by atoms with Gasteiger partial charge < -0.3 is 52.0 Å². The molecular formula is C31H51Hf-9. The van der Waals surface area contributed by atoms with Crippen LogP contribution in [-0.4, -0.2) is 0 Å². The summed E-state index contributed by atoms with van der Waals surface area (Å²) in [4.78, 5) is 0. The molecule has 4 rings (SSSR count). The summed E-state index contributed by atoms with van der Waals surface area (Å²) in [5, 5.41) is 2.98. The molecule has 0 N–H and O–H groups in total. The fraction of sp³-hybridized carbons (Fsp3) is 0.323. The van der Waals surface area contributed by atoms with Crippen LogP contribution in [0.25, 0.3) is 10.8 Å². The molecular weight excluding hydrogens is 551 g/mol. The van der Waals surface area contributed by atoms with Crippen molar-refractivity contribution >= 4 is 10.8 Å². The zero-order chi connectivity index (χ0) is 17.0. The molecule has 0 nitrogen and oxygen atoms in total. The minimum atomic E-state index is 0. The molecule has 1 aliphatic carbocycles. The van der Waals surface area contributed by atoms with E-state index in [2.05, 4.69) is 45.0 Å². The third-order valence-electron chi connectivity index (χ3n) is 5.13. The van der Waals surface area contributed by atoms with E-state index in [1.165, 1.54) is 49.3 Å². The normalized spacial score (nSPS) is 11.3. The summed E-state index contributed by atoms with van der Waals surface area (Å²) >= 11 is 0. The van der Waals surface area contributed by atoms with Gasteiger partial charge in [-0.25, -0.2) is 12.1 Å². The molecule has 0 unspecified atom stereocenters. The van der Waals surface area contributed by atoms with Crippen LogP contribution in [0.4, 0.5) is 0 Å². The molecule has 0 radical (unpaired) electrons. The molecule has 0 atom stereocenters. The van der Waals surface area contributed by atoms with Gasteiger partial charge in [-0.15, -0.1) is 34.5 Å². The maximum Gasteiger partial charge on any atom is 0 e. The summed E-state index contributed by atoms with van der Waals surface area (Å²) < 4.78 is 0. The number of unbranched alkanes of at least 4 members (excludes halogenated alkanes) is 2. The Kier molecular flexibility index (Phi) is 28.8. The molecule has 0 saturated heterocycles. The average molecular weight is 602 g/mol. The first kappa shape index (κ1) is 44.7. The standard InChI is InChI=1S/C19H25.C5H5.7CH3.Hf/c1-4-5-6-7-14-8-9-15-10-16-12-19(2,3)13-17(16)11-18(14)15;1-2-4-5-3-1;;;;;;;;/h8-11H,4-7,12-13H2,1-3H3;1-5H;7*1H3;/q9*-1;. The fourth-order valence-corrected chi connectivity index (χ4v) is 3.93. The first-order chi connectivity index (χ1) is 11.6. The van der Waals surface area contributed by atoms with Crippen molar-refractivity contribution in [2.75, 3.05) is 0 Å². The zero-order valence-corrected chi connectivity index (χ0v) is 26.5. The SMILES string of the molecule is CCCCC[c-]1ccc2cc3c(cc21)CC(C)(C)C3.[CH3-].[CH3-].[CH3-].[CH3-].[CH3-].[CH3-].[CH3-].[Hf].c1cc[cH-]c1. The first-order valence-electron chi connectivity index (χ1n) is 9.46. The second-order valence-electron chi connectivity index (χ2n) is 8.00. The Morgan fingerprint density at radius 3 is 1.84 bits per heavy atom. The molecule has 0 saturated carbocycles.